The van der Waals surface area contributed by atoms with E-state index < -0.39 is 42.1 Å². The van der Waals surface area contributed by atoms with Gasteiger partial charge in [-0.05, 0) is 80.8 Å². The molecule has 0 bridgehead atoms. The van der Waals surface area contributed by atoms with Crippen LogP contribution in [0.15, 0.2) is 61.2 Å². The first-order chi connectivity index (χ1) is 26.1. The van der Waals surface area contributed by atoms with E-state index in [1.807, 2.05) is 52.0 Å². The van der Waals surface area contributed by atoms with Gasteiger partial charge in [0.1, 0.15) is 31.3 Å². The van der Waals surface area contributed by atoms with Gasteiger partial charge < -0.3 is 40.8 Å². The van der Waals surface area contributed by atoms with Gasteiger partial charge >= 0.3 is 12.2 Å². The first-order valence-corrected chi connectivity index (χ1v) is 18.5. The molecular formula is C40H58N6O9. The fourth-order valence-electron chi connectivity index (χ4n) is 5.02. The molecule has 0 spiro atoms. The van der Waals surface area contributed by atoms with Crippen molar-refractivity contribution in [3.63, 3.8) is 0 Å². The number of carbonyl (C=O) groups excluding carboxylic acids is 6. The van der Waals surface area contributed by atoms with Crippen molar-refractivity contribution in [3.8, 4) is 0 Å². The summed E-state index contributed by atoms with van der Waals surface area (Å²) in [7, 11) is 0. The number of nitrogens with one attached hydrogen (secondary N) is 6. The Kier molecular flexibility index (Phi) is 20.0. The van der Waals surface area contributed by atoms with Crippen LogP contribution in [0.3, 0.4) is 0 Å². The van der Waals surface area contributed by atoms with Crippen molar-refractivity contribution in [2.45, 2.75) is 91.9 Å². The largest absolute Gasteiger partial charge is 0.447 e. The van der Waals surface area contributed by atoms with Crippen LogP contribution in [0.25, 0.3) is 0 Å². The number of anilines is 2. The number of ether oxygens (including phenoxy) is 3. The third kappa shape index (κ3) is 18.0. The van der Waals surface area contributed by atoms with Crippen molar-refractivity contribution in [3.05, 3.63) is 72.3 Å². The van der Waals surface area contributed by atoms with Gasteiger partial charge in [0.15, 0.2) is 0 Å². The molecule has 2 rings (SSSR count). The Morgan fingerprint density at radius 3 is 1.65 bits per heavy atom. The topological polar surface area (TPSA) is 202 Å². The van der Waals surface area contributed by atoms with E-state index >= 15 is 0 Å². The van der Waals surface area contributed by atoms with E-state index in [1.165, 1.54) is 6.08 Å². The van der Waals surface area contributed by atoms with Gasteiger partial charge in [0.2, 0.25) is 23.6 Å². The molecule has 0 aliphatic rings. The molecule has 0 saturated carbocycles. The van der Waals surface area contributed by atoms with E-state index in [0.717, 1.165) is 24.0 Å². The number of benzene rings is 2. The summed E-state index contributed by atoms with van der Waals surface area (Å²) in [5.41, 5.74) is 3.25. The van der Waals surface area contributed by atoms with Crippen LogP contribution in [0, 0.1) is 11.8 Å². The molecule has 15 heteroatoms. The molecular weight excluding hydrogens is 708 g/mol. The van der Waals surface area contributed by atoms with Crippen LogP contribution in [0.1, 0.15) is 66.0 Å². The Hall–Kier alpha value is -5.44. The Morgan fingerprint density at radius 2 is 1.13 bits per heavy atom. The summed E-state index contributed by atoms with van der Waals surface area (Å²) in [5.74, 6) is -1.75. The minimum atomic E-state index is -0.885. The Balaban J connectivity index is 1.69. The maximum Gasteiger partial charge on any atom is 0.411 e. The monoisotopic (exact) mass is 766 g/mol. The summed E-state index contributed by atoms with van der Waals surface area (Å²) in [4.78, 5) is 74.3. The summed E-state index contributed by atoms with van der Waals surface area (Å²) >= 11 is 0. The van der Waals surface area contributed by atoms with Crippen molar-refractivity contribution < 1.29 is 43.0 Å². The first kappa shape index (κ1) is 45.7. The zero-order valence-corrected chi connectivity index (χ0v) is 33.0. The van der Waals surface area contributed by atoms with Gasteiger partial charge in [0.25, 0.3) is 0 Å². The quantitative estimate of drug-likeness (QED) is 0.0739. The van der Waals surface area contributed by atoms with Crippen molar-refractivity contribution in [1.29, 1.82) is 0 Å². The minimum absolute atomic E-state index is 0.00175. The Bertz CT molecular complexity index is 1560. The Morgan fingerprint density at radius 1 is 0.600 bits per heavy atom. The molecule has 55 heavy (non-hydrogen) atoms. The normalized spacial score (nSPS) is 12.5. The zero-order chi connectivity index (χ0) is 40.9. The lowest BCUT2D eigenvalue weighted by Gasteiger charge is -2.23. The molecule has 2 aromatic rings. The number of hydrogen-bond acceptors (Lipinski definition) is 9. The number of aryl methyl sites for hydroxylation is 2. The predicted molar refractivity (Wildman–Crippen MR) is 210 cm³/mol. The highest BCUT2D eigenvalue weighted by molar-refractivity contribution is 5.98. The van der Waals surface area contributed by atoms with E-state index in [0.29, 0.717) is 11.4 Å². The van der Waals surface area contributed by atoms with Crippen LogP contribution in [0.5, 0.6) is 0 Å². The van der Waals surface area contributed by atoms with Crippen LogP contribution in [0.2, 0.25) is 0 Å². The molecule has 6 amide bonds. The molecule has 0 unspecified atom stereocenters. The van der Waals surface area contributed by atoms with Crippen molar-refractivity contribution in [2.24, 2.45) is 11.8 Å². The van der Waals surface area contributed by atoms with Crippen LogP contribution < -0.4 is 31.9 Å². The van der Waals surface area contributed by atoms with Gasteiger partial charge in [-0.25, -0.2) is 9.59 Å². The fraction of sp³-hybridized carbons (Fsp3) is 0.500. The summed E-state index contributed by atoms with van der Waals surface area (Å²) in [5, 5.41) is 16.2. The summed E-state index contributed by atoms with van der Waals surface area (Å²) in [6, 6.07) is 12.4. The third-order valence-corrected chi connectivity index (χ3v) is 8.06. The SMILES string of the molecule is C=CCOC(=O)N[C@@H](C(=O)N[C@H](C)C(=O)Nc1ccc(CCc2ccc(NC(=O)OCCOCCC(=O)N[C@@H](C(=O)NC(C)C)C(C)C)cc2)cc1)C(C)C. The van der Waals surface area contributed by atoms with Gasteiger partial charge in [-0.15, -0.1) is 0 Å². The summed E-state index contributed by atoms with van der Waals surface area (Å²) in [6.45, 7) is 16.3. The number of carbonyl (C=O) groups is 6. The van der Waals surface area contributed by atoms with E-state index in [-0.39, 0.29) is 62.5 Å². The molecule has 3 atom stereocenters. The molecule has 0 aromatic heterocycles. The van der Waals surface area contributed by atoms with Gasteiger partial charge in [0, 0.05) is 23.8 Å². The molecule has 0 heterocycles. The van der Waals surface area contributed by atoms with Crippen molar-refractivity contribution >= 4 is 47.2 Å². The summed E-state index contributed by atoms with van der Waals surface area (Å²) in [6.07, 6.45) is 1.59. The lowest BCUT2D eigenvalue weighted by molar-refractivity contribution is -0.130. The molecule has 2 aromatic carbocycles. The smallest absolute Gasteiger partial charge is 0.411 e. The van der Waals surface area contributed by atoms with E-state index in [2.05, 4.69) is 38.5 Å². The molecule has 302 valence electrons. The molecule has 0 aliphatic heterocycles. The van der Waals surface area contributed by atoms with E-state index in [1.54, 1.807) is 45.0 Å². The van der Waals surface area contributed by atoms with Crippen molar-refractivity contribution in [2.75, 3.05) is 37.1 Å². The predicted octanol–water partition coefficient (Wildman–Crippen LogP) is 4.47. The number of alkyl carbamates (subject to hydrolysis) is 1. The van der Waals surface area contributed by atoms with Crippen molar-refractivity contribution in [1.82, 2.24) is 21.3 Å². The third-order valence-electron chi connectivity index (χ3n) is 8.06. The first-order valence-electron chi connectivity index (χ1n) is 18.5. The zero-order valence-electron chi connectivity index (χ0n) is 33.0. The second kappa shape index (κ2) is 24.1. The lowest BCUT2D eigenvalue weighted by atomic mass is 10.0. The number of rotatable bonds is 22. The average Bonchev–Trinajstić information content (AvgIpc) is 3.12. The van der Waals surface area contributed by atoms with Gasteiger partial charge in [0.05, 0.1) is 13.2 Å². The van der Waals surface area contributed by atoms with Gasteiger partial charge in [-0.1, -0.05) is 64.6 Å². The molecule has 0 aliphatic carbocycles. The van der Waals surface area contributed by atoms with Crippen LogP contribution >= 0.6 is 0 Å². The highest BCUT2D eigenvalue weighted by Gasteiger charge is 2.28. The fourth-order valence-corrected chi connectivity index (χ4v) is 5.02. The highest BCUT2D eigenvalue weighted by atomic mass is 16.6. The molecule has 15 nitrogen and oxygen atoms in total. The molecule has 0 radical (unpaired) electrons. The van der Waals surface area contributed by atoms with Gasteiger partial charge in [-0.2, -0.15) is 0 Å². The maximum atomic E-state index is 12.8. The average molecular weight is 767 g/mol. The number of hydrogen-bond donors (Lipinski definition) is 6. The van der Waals surface area contributed by atoms with Gasteiger partial charge in [-0.3, -0.25) is 24.5 Å². The number of amides is 6. The van der Waals surface area contributed by atoms with Crippen LogP contribution in [0.4, 0.5) is 21.0 Å². The Labute approximate surface area is 324 Å². The van der Waals surface area contributed by atoms with Crippen LogP contribution in [-0.4, -0.2) is 86.4 Å². The maximum absolute atomic E-state index is 12.8. The van der Waals surface area contributed by atoms with Crippen LogP contribution in [-0.2, 0) is 46.2 Å². The lowest BCUT2D eigenvalue weighted by Crippen LogP contribution is -2.53. The molecule has 0 saturated heterocycles. The molecule has 0 fully saturated rings. The van der Waals surface area contributed by atoms with E-state index in [9.17, 15) is 28.8 Å². The minimum Gasteiger partial charge on any atom is -0.447 e. The van der Waals surface area contributed by atoms with E-state index in [4.69, 9.17) is 14.2 Å². The molecule has 6 N–H and O–H groups in total. The standard InChI is InChI=1S/C40H58N6O9/c1-9-21-54-40(52)46-35(26(4)5)38(50)42-28(8)36(48)43-31-16-12-29(13-17-31)10-11-30-14-18-32(19-15-30)44-39(51)55-24-23-53-22-20-33(47)45-34(25(2)3)37(49)41-27(6)7/h9,12-19,25-28,34-35H,1,10-11,20-24H2,2-8H3,(H,41,49)(H,42,50)(H,43,48)(H,44,51)(H,45,47)(H,46,52)/t28-,34-,35-/m1/s1. The second-order valence-corrected chi connectivity index (χ2v) is 13.9. The highest BCUT2D eigenvalue weighted by Crippen LogP contribution is 2.15. The second-order valence-electron chi connectivity index (χ2n) is 13.9. The summed E-state index contributed by atoms with van der Waals surface area (Å²) < 4.78 is 15.5.